The van der Waals surface area contributed by atoms with Gasteiger partial charge in [0.15, 0.2) is 0 Å². The Hall–Kier alpha value is -1.59. The fourth-order valence-corrected chi connectivity index (χ4v) is 4.80. The molecule has 2 heterocycles. The molecule has 0 spiro atoms. The molecular formula is C23H33ClN2O3. The third-order valence-corrected chi connectivity index (χ3v) is 6.38. The van der Waals surface area contributed by atoms with Crippen LogP contribution in [-0.4, -0.2) is 49.1 Å². The Morgan fingerprint density at radius 1 is 1.24 bits per heavy atom. The molecule has 2 fully saturated rings. The molecule has 0 aliphatic carbocycles. The maximum absolute atomic E-state index is 13.1. The van der Waals surface area contributed by atoms with Gasteiger partial charge < -0.3 is 15.0 Å². The molecule has 2 saturated heterocycles. The van der Waals surface area contributed by atoms with Crippen molar-refractivity contribution in [2.45, 2.75) is 64.3 Å². The highest BCUT2D eigenvalue weighted by molar-refractivity contribution is 6.31. The van der Waals surface area contributed by atoms with E-state index in [9.17, 15) is 9.59 Å². The molecule has 3 rings (SSSR count). The third-order valence-electron chi connectivity index (χ3n) is 6.05. The van der Waals surface area contributed by atoms with E-state index in [0.29, 0.717) is 32.7 Å². The van der Waals surface area contributed by atoms with Crippen LogP contribution in [0.2, 0.25) is 5.02 Å². The lowest BCUT2D eigenvalue weighted by Crippen LogP contribution is -2.51. The first-order valence-corrected chi connectivity index (χ1v) is 11.0. The summed E-state index contributed by atoms with van der Waals surface area (Å²) in [5.41, 5.74) is 0.750. The molecule has 5 nitrogen and oxygen atoms in total. The van der Waals surface area contributed by atoms with Crippen molar-refractivity contribution in [3.8, 4) is 0 Å². The van der Waals surface area contributed by atoms with Crippen molar-refractivity contribution < 1.29 is 14.3 Å². The molecule has 1 unspecified atom stereocenters. The number of halogens is 1. The fourth-order valence-electron chi connectivity index (χ4n) is 4.46. The van der Waals surface area contributed by atoms with Crippen LogP contribution in [0.1, 0.15) is 58.4 Å². The fraction of sp³-hybridized carbons (Fsp3) is 0.652. The molecule has 29 heavy (non-hydrogen) atoms. The van der Waals surface area contributed by atoms with Gasteiger partial charge in [0.05, 0.1) is 0 Å². The van der Waals surface area contributed by atoms with Gasteiger partial charge in [-0.15, -0.1) is 0 Å². The van der Waals surface area contributed by atoms with Crippen molar-refractivity contribution >= 4 is 23.4 Å². The van der Waals surface area contributed by atoms with Crippen LogP contribution in [0.15, 0.2) is 24.3 Å². The molecule has 6 heteroatoms. The number of nitrogens with one attached hydrogen (secondary N) is 1. The van der Waals surface area contributed by atoms with Crippen molar-refractivity contribution in [2.24, 2.45) is 5.41 Å². The van der Waals surface area contributed by atoms with E-state index in [1.807, 2.05) is 18.2 Å². The maximum Gasteiger partial charge on any atom is 0.242 e. The minimum Gasteiger partial charge on any atom is -0.381 e. The van der Waals surface area contributed by atoms with E-state index in [-0.39, 0.29) is 28.7 Å². The van der Waals surface area contributed by atoms with Gasteiger partial charge in [0.1, 0.15) is 6.04 Å². The largest absolute Gasteiger partial charge is 0.381 e. The van der Waals surface area contributed by atoms with Gasteiger partial charge in [-0.05, 0) is 42.7 Å². The number of ether oxygens (including phenoxy) is 1. The van der Waals surface area contributed by atoms with Crippen molar-refractivity contribution in [2.75, 3.05) is 26.3 Å². The van der Waals surface area contributed by atoms with E-state index in [2.05, 4.69) is 32.2 Å². The molecule has 0 aromatic heterocycles. The van der Waals surface area contributed by atoms with Crippen LogP contribution in [-0.2, 0) is 19.7 Å². The number of carbonyl (C=O) groups is 2. The second-order valence-corrected chi connectivity index (χ2v) is 9.98. The predicted octanol–water partition coefficient (Wildman–Crippen LogP) is 3.93. The molecule has 1 aromatic carbocycles. The third kappa shape index (κ3) is 5.32. The Balaban J connectivity index is 1.70. The van der Waals surface area contributed by atoms with Crippen LogP contribution in [0.5, 0.6) is 0 Å². The minimum atomic E-state index is -0.368. The van der Waals surface area contributed by atoms with Gasteiger partial charge in [0.2, 0.25) is 11.8 Å². The number of carbonyl (C=O) groups excluding carboxylic acids is 2. The molecule has 2 amide bonds. The Morgan fingerprint density at radius 2 is 1.93 bits per heavy atom. The summed E-state index contributed by atoms with van der Waals surface area (Å²) in [5.74, 6) is 0.0183. The first-order valence-electron chi connectivity index (χ1n) is 10.6. The lowest BCUT2D eigenvalue weighted by molar-refractivity contribution is -0.140. The van der Waals surface area contributed by atoms with Gasteiger partial charge in [-0.25, -0.2) is 0 Å². The monoisotopic (exact) mass is 420 g/mol. The molecule has 2 aliphatic rings. The summed E-state index contributed by atoms with van der Waals surface area (Å²) < 4.78 is 5.58. The molecule has 2 aliphatic heterocycles. The zero-order valence-electron chi connectivity index (χ0n) is 17.8. The van der Waals surface area contributed by atoms with E-state index in [4.69, 9.17) is 16.3 Å². The first kappa shape index (κ1) is 22.1. The second kappa shape index (κ2) is 9.05. The lowest BCUT2D eigenvalue weighted by Gasteiger charge is -2.39. The summed E-state index contributed by atoms with van der Waals surface area (Å²) in [6.45, 7) is 8.63. The number of amides is 2. The Labute approximate surface area is 179 Å². The van der Waals surface area contributed by atoms with Crippen LogP contribution in [0.4, 0.5) is 0 Å². The summed E-state index contributed by atoms with van der Waals surface area (Å²) in [6.07, 6.45) is 3.68. The number of rotatable bonds is 5. The van der Waals surface area contributed by atoms with E-state index < -0.39 is 0 Å². The number of hydrogen-bond acceptors (Lipinski definition) is 3. The van der Waals surface area contributed by atoms with Gasteiger partial charge in [-0.2, -0.15) is 0 Å². The molecular weight excluding hydrogens is 388 g/mol. The van der Waals surface area contributed by atoms with Crippen molar-refractivity contribution in [3.05, 3.63) is 34.9 Å². The van der Waals surface area contributed by atoms with Crippen molar-refractivity contribution in [3.63, 3.8) is 0 Å². The molecule has 0 radical (unpaired) electrons. The van der Waals surface area contributed by atoms with Gasteiger partial charge >= 0.3 is 0 Å². The SMILES string of the molecule is CC(C)(C)CC(=O)N1CCCC1C(=O)NCC1(c2ccccc2Cl)CCOCC1. The maximum atomic E-state index is 13.1. The number of nitrogens with zero attached hydrogens (tertiary/aromatic N) is 1. The Morgan fingerprint density at radius 3 is 2.59 bits per heavy atom. The summed E-state index contributed by atoms with van der Waals surface area (Å²) in [7, 11) is 0. The summed E-state index contributed by atoms with van der Waals surface area (Å²) >= 11 is 6.51. The second-order valence-electron chi connectivity index (χ2n) is 9.57. The van der Waals surface area contributed by atoms with Gasteiger partial charge in [-0.1, -0.05) is 50.6 Å². The molecule has 0 saturated carbocycles. The summed E-state index contributed by atoms with van der Waals surface area (Å²) in [5, 5.41) is 3.89. The van der Waals surface area contributed by atoms with Gasteiger partial charge in [-0.3, -0.25) is 9.59 Å². The summed E-state index contributed by atoms with van der Waals surface area (Å²) in [4.78, 5) is 27.6. The van der Waals surface area contributed by atoms with E-state index in [0.717, 1.165) is 36.3 Å². The van der Waals surface area contributed by atoms with Gasteiger partial charge in [0.25, 0.3) is 0 Å². The lowest BCUT2D eigenvalue weighted by atomic mass is 9.74. The van der Waals surface area contributed by atoms with Gasteiger partial charge in [0, 0.05) is 43.2 Å². The molecule has 0 bridgehead atoms. The normalized spacial score (nSPS) is 21.8. The zero-order valence-corrected chi connectivity index (χ0v) is 18.6. The van der Waals surface area contributed by atoms with E-state index in [1.165, 1.54) is 0 Å². The molecule has 1 atom stereocenters. The van der Waals surface area contributed by atoms with Crippen LogP contribution >= 0.6 is 11.6 Å². The van der Waals surface area contributed by atoms with Crippen molar-refractivity contribution in [1.82, 2.24) is 10.2 Å². The molecule has 1 N–H and O–H groups in total. The average Bonchev–Trinajstić information content (AvgIpc) is 3.16. The Kier molecular flexibility index (Phi) is 6.90. The van der Waals surface area contributed by atoms with E-state index in [1.54, 1.807) is 4.90 Å². The highest BCUT2D eigenvalue weighted by Gasteiger charge is 2.39. The van der Waals surface area contributed by atoms with Crippen LogP contribution < -0.4 is 5.32 Å². The Bertz CT molecular complexity index is 738. The van der Waals surface area contributed by atoms with Crippen LogP contribution in [0.25, 0.3) is 0 Å². The molecule has 1 aromatic rings. The average molecular weight is 421 g/mol. The zero-order chi connectivity index (χ0) is 21.1. The molecule has 160 valence electrons. The number of likely N-dealkylation sites (tertiary alicyclic amines) is 1. The topological polar surface area (TPSA) is 58.6 Å². The number of hydrogen-bond donors (Lipinski definition) is 1. The van der Waals surface area contributed by atoms with Crippen molar-refractivity contribution in [1.29, 1.82) is 0 Å². The highest BCUT2D eigenvalue weighted by Crippen LogP contribution is 2.38. The van der Waals surface area contributed by atoms with Crippen LogP contribution in [0.3, 0.4) is 0 Å². The van der Waals surface area contributed by atoms with Crippen LogP contribution in [0, 0.1) is 5.41 Å². The standard InChI is InChI=1S/C23H33ClN2O3/c1-22(2,3)15-20(27)26-12-6-9-19(26)21(28)25-16-23(10-13-29-14-11-23)17-7-4-5-8-18(17)24/h4-5,7-8,19H,6,9-16H2,1-3H3,(H,25,28). The summed E-state index contributed by atoms with van der Waals surface area (Å²) in [6, 6.07) is 7.50. The number of benzene rings is 1. The first-order chi connectivity index (χ1) is 13.7. The minimum absolute atomic E-state index is 0.0531. The highest BCUT2D eigenvalue weighted by atomic mass is 35.5. The quantitative estimate of drug-likeness (QED) is 0.785. The predicted molar refractivity (Wildman–Crippen MR) is 115 cm³/mol. The smallest absolute Gasteiger partial charge is 0.242 e. The van der Waals surface area contributed by atoms with E-state index >= 15 is 0 Å².